The topological polar surface area (TPSA) is 64.4 Å². The van der Waals surface area contributed by atoms with Gasteiger partial charge in [-0.25, -0.2) is 0 Å². The van der Waals surface area contributed by atoms with Gasteiger partial charge in [0.2, 0.25) is 0 Å². The minimum absolute atomic E-state index is 0.0813. The number of nitro groups is 1. The lowest BCUT2D eigenvalue weighted by Crippen LogP contribution is -2.19. The van der Waals surface area contributed by atoms with Crippen LogP contribution < -0.4 is 5.32 Å². The Balaban J connectivity index is 2.35. The molecule has 0 saturated heterocycles. The van der Waals surface area contributed by atoms with Crippen molar-refractivity contribution in [3.63, 3.8) is 0 Å². The molecule has 1 aromatic rings. The van der Waals surface area contributed by atoms with Gasteiger partial charge >= 0.3 is 0 Å². The Morgan fingerprint density at radius 1 is 1.58 bits per heavy atom. The largest absolute Gasteiger partial charge is 0.376 e. The number of ether oxygens (including phenoxy) is 1. The van der Waals surface area contributed by atoms with Crippen molar-refractivity contribution >= 4 is 21.6 Å². The highest BCUT2D eigenvalue weighted by molar-refractivity contribution is 9.10. The van der Waals surface area contributed by atoms with Crippen molar-refractivity contribution in [2.45, 2.75) is 13.5 Å². The number of hydrogen-bond donors (Lipinski definition) is 1. The van der Waals surface area contributed by atoms with Crippen LogP contribution in [0.15, 0.2) is 34.8 Å². The molecule has 0 spiro atoms. The van der Waals surface area contributed by atoms with Crippen molar-refractivity contribution in [2.24, 2.45) is 0 Å². The van der Waals surface area contributed by atoms with Crippen LogP contribution in [0.1, 0.15) is 12.5 Å². The van der Waals surface area contributed by atoms with Crippen LogP contribution in [-0.4, -0.2) is 24.7 Å². The maximum Gasteiger partial charge on any atom is 0.283 e. The highest BCUT2D eigenvalue weighted by Crippen LogP contribution is 2.25. The minimum Gasteiger partial charge on any atom is -0.376 e. The van der Waals surface area contributed by atoms with Crippen LogP contribution in [0, 0.1) is 10.1 Å². The minimum atomic E-state index is -0.399. The van der Waals surface area contributed by atoms with Crippen LogP contribution in [0.25, 0.3) is 0 Å². The lowest BCUT2D eigenvalue weighted by atomic mass is 10.2. The smallest absolute Gasteiger partial charge is 0.283 e. The number of halogens is 1. The van der Waals surface area contributed by atoms with E-state index >= 15 is 0 Å². The Morgan fingerprint density at radius 3 is 2.95 bits per heavy atom. The summed E-state index contributed by atoms with van der Waals surface area (Å²) in [6.07, 6.45) is 0. The molecule has 0 atom stereocenters. The van der Waals surface area contributed by atoms with Crippen LogP contribution in [0.4, 0.5) is 5.69 Å². The van der Waals surface area contributed by atoms with E-state index in [0.29, 0.717) is 30.8 Å². The zero-order valence-electron chi connectivity index (χ0n) is 10.8. The van der Waals surface area contributed by atoms with Crippen molar-refractivity contribution in [1.82, 2.24) is 5.32 Å². The molecule has 104 valence electrons. The molecule has 5 nitrogen and oxygen atoms in total. The maximum atomic E-state index is 10.8. The summed E-state index contributed by atoms with van der Waals surface area (Å²) in [5.41, 5.74) is 1.94. The molecule has 1 rings (SSSR count). The Bertz CT molecular complexity index is 463. The van der Waals surface area contributed by atoms with Gasteiger partial charge < -0.3 is 10.1 Å². The molecule has 0 fully saturated rings. The van der Waals surface area contributed by atoms with Gasteiger partial charge in [0.25, 0.3) is 5.69 Å². The second kappa shape index (κ2) is 8.04. The molecule has 6 heteroatoms. The van der Waals surface area contributed by atoms with Crippen molar-refractivity contribution in [1.29, 1.82) is 0 Å². The van der Waals surface area contributed by atoms with E-state index in [1.54, 1.807) is 12.1 Å². The van der Waals surface area contributed by atoms with Crippen LogP contribution in [-0.2, 0) is 11.3 Å². The fourth-order valence-corrected chi connectivity index (χ4v) is 1.82. The van der Waals surface area contributed by atoms with E-state index in [4.69, 9.17) is 4.74 Å². The normalized spacial score (nSPS) is 10.4. The fraction of sp³-hybridized carbons (Fsp3) is 0.385. The highest BCUT2D eigenvalue weighted by atomic mass is 79.9. The van der Waals surface area contributed by atoms with Crippen molar-refractivity contribution in [3.8, 4) is 0 Å². The number of nitrogens with one attached hydrogen (secondary N) is 1. The van der Waals surface area contributed by atoms with E-state index in [2.05, 4.69) is 27.8 Å². The lowest BCUT2D eigenvalue weighted by molar-refractivity contribution is -0.385. The van der Waals surface area contributed by atoms with Gasteiger partial charge in [-0.2, -0.15) is 0 Å². The van der Waals surface area contributed by atoms with E-state index in [1.807, 2.05) is 13.0 Å². The molecule has 0 amide bonds. The molecule has 1 aromatic carbocycles. The summed E-state index contributed by atoms with van der Waals surface area (Å²) in [6, 6.07) is 5.09. The summed E-state index contributed by atoms with van der Waals surface area (Å²) in [6.45, 7) is 8.07. The highest BCUT2D eigenvalue weighted by Gasteiger charge is 2.11. The Labute approximate surface area is 120 Å². The first-order valence-corrected chi connectivity index (χ1v) is 6.65. The van der Waals surface area contributed by atoms with Gasteiger partial charge in [0, 0.05) is 19.2 Å². The number of hydrogen-bond acceptors (Lipinski definition) is 4. The second-order valence-corrected chi connectivity index (χ2v) is 5.08. The summed E-state index contributed by atoms with van der Waals surface area (Å²) in [7, 11) is 0. The predicted octanol–water partition coefficient (Wildman–Crippen LogP) is 3.04. The summed E-state index contributed by atoms with van der Waals surface area (Å²) < 4.78 is 5.83. The monoisotopic (exact) mass is 328 g/mol. The number of nitro benzene ring substituents is 1. The van der Waals surface area contributed by atoms with Crippen LogP contribution in [0.3, 0.4) is 0 Å². The molecular formula is C13H17BrN2O3. The van der Waals surface area contributed by atoms with Crippen LogP contribution in [0.5, 0.6) is 0 Å². The van der Waals surface area contributed by atoms with Gasteiger partial charge in [0.15, 0.2) is 0 Å². The van der Waals surface area contributed by atoms with Gasteiger partial charge in [-0.1, -0.05) is 18.2 Å². The first kappa shape index (κ1) is 15.8. The molecule has 19 heavy (non-hydrogen) atoms. The van der Waals surface area contributed by atoms with Crippen LogP contribution in [0.2, 0.25) is 0 Å². The Kier molecular flexibility index (Phi) is 6.69. The van der Waals surface area contributed by atoms with Crippen molar-refractivity contribution in [3.05, 3.63) is 50.5 Å². The third-order valence-corrected chi connectivity index (χ3v) is 2.98. The molecular weight excluding hydrogens is 312 g/mol. The molecule has 0 aromatic heterocycles. The van der Waals surface area contributed by atoms with E-state index in [1.165, 1.54) is 0 Å². The molecule has 0 saturated carbocycles. The van der Waals surface area contributed by atoms with Crippen molar-refractivity contribution in [2.75, 3.05) is 19.8 Å². The quantitative estimate of drug-likeness (QED) is 0.345. The molecule has 0 aliphatic rings. The molecule has 0 unspecified atom stereocenters. The fourth-order valence-electron chi connectivity index (χ4n) is 1.43. The summed E-state index contributed by atoms with van der Waals surface area (Å²) in [5, 5.41) is 13.9. The number of benzene rings is 1. The molecule has 0 heterocycles. The van der Waals surface area contributed by atoms with Crippen molar-refractivity contribution < 1.29 is 9.66 Å². The van der Waals surface area contributed by atoms with Gasteiger partial charge in [-0.05, 0) is 34.5 Å². The van der Waals surface area contributed by atoms with E-state index in [0.717, 1.165) is 11.1 Å². The van der Waals surface area contributed by atoms with Gasteiger partial charge in [0.1, 0.15) is 0 Å². The zero-order chi connectivity index (χ0) is 14.3. The predicted molar refractivity (Wildman–Crippen MR) is 78.1 cm³/mol. The molecule has 1 N–H and O–H groups in total. The Morgan fingerprint density at radius 2 is 2.32 bits per heavy atom. The standard InChI is InChI=1S/C13H17BrN2O3/c1-10(2)9-19-6-5-15-8-11-3-4-12(14)13(7-11)16(17)18/h3-4,7,15H,1,5-6,8-9H2,2H3. The summed E-state index contributed by atoms with van der Waals surface area (Å²) in [4.78, 5) is 10.4. The first-order chi connectivity index (χ1) is 9.00. The SMILES string of the molecule is C=C(C)COCCNCc1ccc(Br)c([N+](=O)[O-])c1. The molecule has 0 bridgehead atoms. The number of nitrogens with zero attached hydrogens (tertiary/aromatic N) is 1. The zero-order valence-corrected chi connectivity index (χ0v) is 12.4. The average Bonchev–Trinajstić information content (AvgIpc) is 2.34. The van der Waals surface area contributed by atoms with E-state index in [9.17, 15) is 10.1 Å². The van der Waals surface area contributed by atoms with Gasteiger partial charge in [-0.3, -0.25) is 10.1 Å². The molecule has 0 aliphatic heterocycles. The van der Waals surface area contributed by atoms with Crippen LogP contribution >= 0.6 is 15.9 Å². The average molecular weight is 329 g/mol. The Hall–Kier alpha value is -1.24. The number of rotatable bonds is 8. The summed E-state index contributed by atoms with van der Waals surface area (Å²) in [5.74, 6) is 0. The summed E-state index contributed by atoms with van der Waals surface area (Å²) >= 11 is 3.16. The van der Waals surface area contributed by atoms with Gasteiger partial charge in [-0.15, -0.1) is 0 Å². The van der Waals surface area contributed by atoms with E-state index < -0.39 is 4.92 Å². The molecule has 0 aliphatic carbocycles. The lowest BCUT2D eigenvalue weighted by Gasteiger charge is -2.06. The maximum absolute atomic E-state index is 10.8. The third kappa shape index (κ3) is 5.96. The first-order valence-electron chi connectivity index (χ1n) is 5.86. The molecule has 0 radical (unpaired) electrons. The second-order valence-electron chi connectivity index (χ2n) is 4.23. The third-order valence-electron chi connectivity index (χ3n) is 2.31. The van der Waals surface area contributed by atoms with Gasteiger partial charge in [0.05, 0.1) is 22.6 Å². The van der Waals surface area contributed by atoms with E-state index in [-0.39, 0.29) is 5.69 Å².